The van der Waals surface area contributed by atoms with Crippen LogP contribution in [0.2, 0.25) is 0 Å². The number of nitrogens with zero attached hydrogens (tertiary/aromatic N) is 4. The standard InChI is InChI=1S/C14H9F3N4O2S/c1-24(13-9(14(15,16)17)5-3-7-18-13)21-12(22)8-4-2-6-10-11(8)20-23-19-10/h2-7H,1H3/t24-/m1/s1. The molecule has 0 N–H and O–H groups in total. The zero-order chi connectivity index (χ0) is 17.3. The van der Waals surface area contributed by atoms with Crippen LogP contribution in [0.15, 0.2) is 50.5 Å². The first-order valence-electron chi connectivity index (χ1n) is 6.53. The van der Waals surface area contributed by atoms with E-state index >= 15 is 0 Å². The molecule has 0 saturated carbocycles. The Morgan fingerprint density at radius 1 is 1.21 bits per heavy atom. The number of rotatable bonds is 2. The van der Waals surface area contributed by atoms with Crippen LogP contribution >= 0.6 is 0 Å². The second kappa shape index (κ2) is 6.11. The number of carbonyl (C=O) groups excluding carboxylic acids is 1. The molecule has 6 nitrogen and oxygen atoms in total. The topological polar surface area (TPSA) is 81.2 Å². The zero-order valence-corrected chi connectivity index (χ0v) is 12.9. The molecule has 0 spiro atoms. The average molecular weight is 354 g/mol. The average Bonchev–Trinajstić information content (AvgIpc) is 3.02. The molecule has 1 amide bonds. The van der Waals surface area contributed by atoms with Gasteiger partial charge in [-0.15, -0.1) is 0 Å². The highest BCUT2D eigenvalue weighted by Gasteiger charge is 2.34. The number of amides is 1. The highest BCUT2D eigenvalue weighted by atomic mass is 32.2. The van der Waals surface area contributed by atoms with E-state index < -0.39 is 28.3 Å². The van der Waals surface area contributed by atoms with E-state index in [0.717, 1.165) is 6.07 Å². The maximum atomic E-state index is 13.0. The van der Waals surface area contributed by atoms with Crippen LogP contribution in [0.25, 0.3) is 11.0 Å². The van der Waals surface area contributed by atoms with Crippen molar-refractivity contribution < 1.29 is 22.6 Å². The van der Waals surface area contributed by atoms with Crippen molar-refractivity contribution in [3.8, 4) is 0 Å². The molecule has 124 valence electrons. The number of benzene rings is 1. The van der Waals surface area contributed by atoms with Crippen molar-refractivity contribution in [2.24, 2.45) is 4.36 Å². The molecular formula is C14H9F3N4O2S. The first-order valence-corrected chi connectivity index (χ1v) is 8.12. The fraction of sp³-hybridized carbons (Fsp3) is 0.143. The molecule has 3 rings (SSSR count). The predicted molar refractivity (Wildman–Crippen MR) is 79.4 cm³/mol. The molecule has 1 aromatic carbocycles. The summed E-state index contributed by atoms with van der Waals surface area (Å²) in [6, 6.07) is 6.71. The molecular weight excluding hydrogens is 345 g/mol. The molecule has 2 heterocycles. The van der Waals surface area contributed by atoms with Crippen molar-refractivity contribution >= 4 is 27.6 Å². The lowest BCUT2D eigenvalue weighted by atomic mass is 10.2. The van der Waals surface area contributed by atoms with Gasteiger partial charge in [0.05, 0.1) is 11.1 Å². The van der Waals surface area contributed by atoms with Crippen LogP contribution in [-0.4, -0.2) is 27.5 Å². The third-order valence-corrected chi connectivity index (χ3v) is 4.42. The van der Waals surface area contributed by atoms with Gasteiger partial charge in [0.25, 0.3) is 5.91 Å². The van der Waals surface area contributed by atoms with Gasteiger partial charge in [0.1, 0.15) is 16.1 Å². The quantitative estimate of drug-likeness (QED) is 0.705. The van der Waals surface area contributed by atoms with Crippen LogP contribution in [0, 0.1) is 0 Å². The van der Waals surface area contributed by atoms with E-state index in [2.05, 4.69) is 24.3 Å². The summed E-state index contributed by atoms with van der Waals surface area (Å²) in [7, 11) is -1.39. The van der Waals surface area contributed by atoms with Gasteiger partial charge in [-0.05, 0) is 51.5 Å². The Bertz CT molecular complexity index is 952. The third kappa shape index (κ3) is 3.04. The normalized spacial score (nSPS) is 13.3. The summed E-state index contributed by atoms with van der Waals surface area (Å²) in [6.07, 6.45) is -1.94. The largest absolute Gasteiger partial charge is 0.419 e. The van der Waals surface area contributed by atoms with E-state index in [1.165, 1.54) is 24.6 Å². The fourth-order valence-electron chi connectivity index (χ4n) is 2.04. The van der Waals surface area contributed by atoms with Crippen molar-refractivity contribution in [3.05, 3.63) is 47.7 Å². The Kier molecular flexibility index (Phi) is 4.14. The molecule has 3 aromatic rings. The Morgan fingerprint density at radius 3 is 2.75 bits per heavy atom. The first-order chi connectivity index (χ1) is 11.4. The zero-order valence-electron chi connectivity index (χ0n) is 12.1. The summed E-state index contributed by atoms with van der Waals surface area (Å²) in [5, 5.41) is 6.94. The fourth-order valence-corrected chi connectivity index (χ4v) is 3.19. The van der Waals surface area contributed by atoms with Gasteiger partial charge >= 0.3 is 6.18 Å². The van der Waals surface area contributed by atoms with E-state index in [-0.39, 0.29) is 16.1 Å². The summed E-state index contributed by atoms with van der Waals surface area (Å²) in [5.74, 6) is -0.707. The monoisotopic (exact) mass is 354 g/mol. The van der Waals surface area contributed by atoms with Gasteiger partial charge in [-0.2, -0.15) is 17.5 Å². The summed E-state index contributed by atoms with van der Waals surface area (Å²) in [5.41, 5.74) is -0.229. The summed E-state index contributed by atoms with van der Waals surface area (Å²) < 4.78 is 47.5. The Labute approximate surface area is 135 Å². The van der Waals surface area contributed by atoms with Gasteiger partial charge < -0.3 is 0 Å². The molecule has 1 atom stereocenters. The highest BCUT2D eigenvalue weighted by molar-refractivity contribution is 7.86. The van der Waals surface area contributed by atoms with E-state index in [9.17, 15) is 18.0 Å². The van der Waals surface area contributed by atoms with Crippen molar-refractivity contribution in [2.45, 2.75) is 11.2 Å². The molecule has 10 heteroatoms. The summed E-state index contributed by atoms with van der Waals surface area (Å²) in [6.45, 7) is 0. The second-order valence-corrected chi connectivity index (χ2v) is 6.19. The van der Waals surface area contributed by atoms with Crippen LogP contribution < -0.4 is 0 Å². The van der Waals surface area contributed by atoms with Crippen LogP contribution in [0.3, 0.4) is 0 Å². The third-order valence-electron chi connectivity index (χ3n) is 3.09. The lowest BCUT2D eigenvalue weighted by molar-refractivity contribution is -0.140. The molecule has 0 radical (unpaired) electrons. The van der Waals surface area contributed by atoms with E-state index in [1.54, 1.807) is 12.1 Å². The minimum Gasteiger partial charge on any atom is -0.266 e. The molecule has 24 heavy (non-hydrogen) atoms. The highest BCUT2D eigenvalue weighted by Crippen LogP contribution is 2.32. The lowest BCUT2D eigenvalue weighted by Gasteiger charge is -2.11. The van der Waals surface area contributed by atoms with Gasteiger partial charge in [0, 0.05) is 6.20 Å². The lowest BCUT2D eigenvalue weighted by Crippen LogP contribution is -2.12. The minimum absolute atomic E-state index is 0.109. The molecule has 0 aliphatic carbocycles. The van der Waals surface area contributed by atoms with Gasteiger partial charge in [-0.1, -0.05) is 6.07 Å². The number of hydrogen-bond donors (Lipinski definition) is 0. The molecule has 2 aromatic heterocycles. The smallest absolute Gasteiger partial charge is 0.266 e. The maximum Gasteiger partial charge on any atom is 0.419 e. The molecule has 0 unspecified atom stereocenters. The minimum atomic E-state index is -4.57. The maximum absolute atomic E-state index is 13.0. The number of carbonyl (C=O) groups is 1. The van der Waals surface area contributed by atoms with E-state index in [0.29, 0.717) is 5.52 Å². The molecule has 0 aliphatic heterocycles. The van der Waals surface area contributed by atoms with Gasteiger partial charge in [-0.25, -0.2) is 9.61 Å². The predicted octanol–water partition coefficient (Wildman–Crippen LogP) is 3.27. The number of fused-ring (bicyclic) bond motifs is 1. The summed E-state index contributed by atoms with van der Waals surface area (Å²) >= 11 is 0. The Balaban J connectivity index is 2.03. The van der Waals surface area contributed by atoms with Gasteiger partial charge in [0.15, 0.2) is 0 Å². The van der Waals surface area contributed by atoms with Crippen molar-refractivity contribution in [1.29, 1.82) is 0 Å². The van der Waals surface area contributed by atoms with Crippen molar-refractivity contribution in [1.82, 2.24) is 15.3 Å². The van der Waals surface area contributed by atoms with Crippen molar-refractivity contribution in [2.75, 3.05) is 6.26 Å². The van der Waals surface area contributed by atoms with Crippen LogP contribution in [-0.2, 0) is 16.9 Å². The second-order valence-electron chi connectivity index (χ2n) is 4.67. The molecule has 0 bridgehead atoms. The first kappa shape index (κ1) is 16.2. The Hall–Kier alpha value is -2.62. The number of hydrogen-bond acceptors (Lipinski definition) is 5. The Morgan fingerprint density at radius 2 is 2.00 bits per heavy atom. The van der Waals surface area contributed by atoms with Crippen molar-refractivity contribution in [3.63, 3.8) is 0 Å². The van der Waals surface area contributed by atoms with Crippen LogP contribution in [0.5, 0.6) is 0 Å². The number of halogens is 3. The van der Waals surface area contributed by atoms with Gasteiger partial charge in [0.2, 0.25) is 0 Å². The van der Waals surface area contributed by atoms with Crippen LogP contribution in [0.1, 0.15) is 15.9 Å². The van der Waals surface area contributed by atoms with E-state index in [1.807, 2.05) is 0 Å². The van der Waals surface area contributed by atoms with E-state index in [4.69, 9.17) is 0 Å². The summed E-state index contributed by atoms with van der Waals surface area (Å²) in [4.78, 5) is 16.1. The van der Waals surface area contributed by atoms with Gasteiger partial charge in [-0.3, -0.25) is 4.79 Å². The number of pyridine rings is 1. The SMILES string of the molecule is C[S@@](=NC(=O)c1cccc2nonc12)c1ncccc1C(F)(F)F. The number of aromatic nitrogens is 3. The van der Waals surface area contributed by atoms with Crippen LogP contribution in [0.4, 0.5) is 13.2 Å². The molecule has 0 aliphatic rings. The molecule has 0 saturated heterocycles. The number of alkyl halides is 3. The molecule has 0 fully saturated rings.